The smallest absolute Gasteiger partial charge is 0.103 e. The first-order valence-corrected chi connectivity index (χ1v) is 12.5. The van der Waals surface area contributed by atoms with Crippen LogP contribution in [0.1, 0.15) is 103 Å². The zero-order valence-corrected chi connectivity index (χ0v) is 19.5. The maximum Gasteiger partial charge on any atom is 0.103 e. The molecule has 0 N–H and O–H groups in total. The largest absolute Gasteiger partial charge is 0.356 e. The Kier molecular flexibility index (Phi) is 11.9. The van der Waals surface area contributed by atoms with Crippen LogP contribution in [0.3, 0.4) is 0 Å². The van der Waals surface area contributed by atoms with E-state index in [0.29, 0.717) is 12.1 Å². The van der Waals surface area contributed by atoms with Gasteiger partial charge in [0.05, 0.1) is 0 Å². The van der Waals surface area contributed by atoms with Crippen molar-refractivity contribution in [1.29, 1.82) is 0 Å². The molecule has 1 aliphatic heterocycles. The summed E-state index contributed by atoms with van der Waals surface area (Å²) in [6.45, 7) is 9.21. The molecule has 0 aromatic heterocycles. The molecule has 1 atom stereocenters. The molecule has 0 fully saturated rings. The summed E-state index contributed by atoms with van der Waals surface area (Å²) >= 11 is 0. The van der Waals surface area contributed by atoms with Crippen LogP contribution in [0.5, 0.6) is 0 Å². The van der Waals surface area contributed by atoms with Crippen LogP contribution in [-0.2, 0) is 6.54 Å². The van der Waals surface area contributed by atoms with Gasteiger partial charge < -0.3 is 9.80 Å². The summed E-state index contributed by atoms with van der Waals surface area (Å²) in [4.78, 5) is 5.09. The maximum absolute atomic E-state index is 2.57. The molecule has 0 spiro atoms. The van der Waals surface area contributed by atoms with Gasteiger partial charge in [-0.25, -0.2) is 0 Å². The summed E-state index contributed by atoms with van der Waals surface area (Å²) in [6, 6.07) is 10.9. The first-order chi connectivity index (χ1) is 14.2. The SMILES string of the molecule is CCCCCCCCCCCCCCN1C=CN(Cc2ccccc2)C1C(C)C. The number of hydrogen-bond acceptors (Lipinski definition) is 2. The third-order valence-electron chi connectivity index (χ3n) is 6.20. The maximum atomic E-state index is 2.57. The van der Waals surface area contributed by atoms with Gasteiger partial charge in [0.25, 0.3) is 0 Å². The van der Waals surface area contributed by atoms with E-state index in [2.05, 4.69) is 73.3 Å². The van der Waals surface area contributed by atoms with Crippen molar-refractivity contribution >= 4 is 0 Å². The van der Waals surface area contributed by atoms with Crippen LogP contribution in [0.25, 0.3) is 0 Å². The third kappa shape index (κ3) is 9.28. The van der Waals surface area contributed by atoms with Crippen molar-refractivity contribution in [1.82, 2.24) is 9.80 Å². The Morgan fingerprint density at radius 3 is 1.76 bits per heavy atom. The quantitative estimate of drug-likeness (QED) is 0.261. The molecule has 0 saturated carbocycles. The number of rotatable bonds is 16. The highest BCUT2D eigenvalue weighted by atomic mass is 15.4. The summed E-state index contributed by atoms with van der Waals surface area (Å²) in [7, 11) is 0. The van der Waals surface area contributed by atoms with Gasteiger partial charge >= 0.3 is 0 Å². The lowest BCUT2D eigenvalue weighted by Gasteiger charge is -2.36. The first-order valence-electron chi connectivity index (χ1n) is 12.5. The fourth-order valence-electron chi connectivity index (χ4n) is 4.59. The summed E-state index contributed by atoms with van der Waals surface area (Å²) in [5.41, 5.74) is 1.40. The monoisotopic (exact) mass is 398 g/mol. The Balaban J connectivity index is 1.55. The predicted octanol–water partition coefficient (Wildman–Crippen LogP) is 7.96. The number of benzene rings is 1. The molecule has 2 rings (SSSR count). The van der Waals surface area contributed by atoms with E-state index in [1.54, 1.807) is 0 Å². The molecule has 2 nitrogen and oxygen atoms in total. The number of nitrogens with zero attached hydrogens (tertiary/aromatic N) is 2. The van der Waals surface area contributed by atoms with E-state index >= 15 is 0 Å². The average molecular weight is 399 g/mol. The molecule has 1 aromatic rings. The summed E-state index contributed by atoms with van der Waals surface area (Å²) in [5.74, 6) is 0.631. The van der Waals surface area contributed by atoms with Crippen molar-refractivity contribution in [3.8, 4) is 0 Å². The van der Waals surface area contributed by atoms with E-state index < -0.39 is 0 Å². The van der Waals surface area contributed by atoms with Crippen molar-refractivity contribution in [2.45, 2.75) is 111 Å². The number of hydrogen-bond donors (Lipinski definition) is 0. The molecule has 1 aliphatic rings. The van der Waals surface area contributed by atoms with Gasteiger partial charge in [0.1, 0.15) is 6.17 Å². The van der Waals surface area contributed by atoms with Gasteiger partial charge in [-0.1, -0.05) is 122 Å². The fourth-order valence-corrected chi connectivity index (χ4v) is 4.59. The number of unbranched alkanes of at least 4 members (excludes halogenated alkanes) is 11. The van der Waals surface area contributed by atoms with Gasteiger partial charge in [0.2, 0.25) is 0 Å². The molecular weight excluding hydrogens is 352 g/mol. The lowest BCUT2D eigenvalue weighted by molar-refractivity contribution is 0.100. The Hall–Kier alpha value is -1.44. The van der Waals surface area contributed by atoms with Gasteiger partial charge in [-0.15, -0.1) is 0 Å². The van der Waals surface area contributed by atoms with Crippen LogP contribution in [0.15, 0.2) is 42.7 Å². The van der Waals surface area contributed by atoms with Crippen LogP contribution in [-0.4, -0.2) is 22.5 Å². The van der Waals surface area contributed by atoms with Crippen LogP contribution in [0.2, 0.25) is 0 Å². The lowest BCUT2D eigenvalue weighted by Crippen LogP contribution is -2.42. The van der Waals surface area contributed by atoms with E-state index in [1.807, 2.05) is 0 Å². The second-order valence-corrected chi connectivity index (χ2v) is 9.24. The zero-order chi connectivity index (χ0) is 20.7. The second kappa shape index (κ2) is 14.5. The Bertz CT molecular complexity index is 537. The summed E-state index contributed by atoms with van der Waals surface area (Å²) in [5, 5.41) is 0. The highest BCUT2D eigenvalue weighted by Crippen LogP contribution is 2.25. The minimum atomic E-state index is 0.503. The van der Waals surface area contributed by atoms with E-state index in [9.17, 15) is 0 Å². The molecule has 1 aromatic carbocycles. The molecular formula is C27H46N2. The summed E-state index contributed by atoms with van der Waals surface area (Å²) in [6.07, 6.45) is 22.2. The van der Waals surface area contributed by atoms with E-state index in [1.165, 1.54) is 89.2 Å². The highest BCUT2D eigenvalue weighted by Gasteiger charge is 2.28. The van der Waals surface area contributed by atoms with Crippen LogP contribution < -0.4 is 0 Å². The molecule has 2 heteroatoms. The van der Waals surface area contributed by atoms with Crippen molar-refractivity contribution in [3.63, 3.8) is 0 Å². The molecule has 0 amide bonds. The molecule has 29 heavy (non-hydrogen) atoms. The molecule has 0 bridgehead atoms. The van der Waals surface area contributed by atoms with Gasteiger partial charge in [-0.05, 0) is 17.9 Å². The zero-order valence-electron chi connectivity index (χ0n) is 19.5. The third-order valence-corrected chi connectivity index (χ3v) is 6.20. The van der Waals surface area contributed by atoms with Crippen molar-refractivity contribution in [2.75, 3.05) is 6.54 Å². The normalized spacial score (nSPS) is 16.3. The van der Waals surface area contributed by atoms with E-state index in [0.717, 1.165) is 6.54 Å². The van der Waals surface area contributed by atoms with E-state index in [4.69, 9.17) is 0 Å². The molecule has 0 radical (unpaired) electrons. The molecule has 0 aliphatic carbocycles. The van der Waals surface area contributed by atoms with Crippen LogP contribution in [0.4, 0.5) is 0 Å². The van der Waals surface area contributed by atoms with Crippen molar-refractivity contribution < 1.29 is 0 Å². The fraction of sp³-hybridized carbons (Fsp3) is 0.704. The van der Waals surface area contributed by atoms with Gasteiger partial charge in [0, 0.05) is 25.5 Å². The average Bonchev–Trinajstić information content (AvgIpc) is 3.12. The predicted molar refractivity (Wildman–Crippen MR) is 128 cm³/mol. The van der Waals surface area contributed by atoms with Crippen LogP contribution >= 0.6 is 0 Å². The standard InChI is InChI=1S/C27H46N2/c1-4-5-6-7-8-9-10-11-12-13-14-18-21-28-22-23-29(27(28)25(2)3)24-26-19-16-15-17-20-26/h15-17,19-20,22-23,25,27H,4-14,18,21,24H2,1-3H3. The highest BCUT2D eigenvalue weighted by molar-refractivity contribution is 5.16. The Morgan fingerprint density at radius 2 is 1.21 bits per heavy atom. The van der Waals surface area contributed by atoms with Gasteiger partial charge in [-0.2, -0.15) is 0 Å². The topological polar surface area (TPSA) is 6.48 Å². The van der Waals surface area contributed by atoms with E-state index in [-0.39, 0.29) is 0 Å². The Morgan fingerprint density at radius 1 is 0.690 bits per heavy atom. The van der Waals surface area contributed by atoms with Crippen molar-refractivity contribution in [2.24, 2.45) is 5.92 Å². The molecule has 0 saturated heterocycles. The van der Waals surface area contributed by atoms with Crippen LogP contribution in [0, 0.1) is 5.92 Å². The molecule has 1 unspecified atom stereocenters. The van der Waals surface area contributed by atoms with Crippen molar-refractivity contribution in [3.05, 3.63) is 48.3 Å². The Labute approximate surface area is 181 Å². The summed E-state index contributed by atoms with van der Waals surface area (Å²) < 4.78 is 0. The van der Waals surface area contributed by atoms with Gasteiger partial charge in [0.15, 0.2) is 0 Å². The minimum absolute atomic E-state index is 0.503. The second-order valence-electron chi connectivity index (χ2n) is 9.24. The minimum Gasteiger partial charge on any atom is -0.356 e. The van der Waals surface area contributed by atoms with Gasteiger partial charge in [-0.3, -0.25) is 0 Å². The lowest BCUT2D eigenvalue weighted by atomic mass is 10.0. The molecule has 164 valence electrons. The molecule has 1 heterocycles. The first kappa shape index (κ1) is 23.8.